The van der Waals surface area contributed by atoms with Crippen LogP contribution in [0.1, 0.15) is 52.8 Å². The van der Waals surface area contributed by atoms with Crippen LogP contribution in [0, 0.1) is 57.2 Å². The largest absolute Gasteiger partial charge is 0.309 e. The summed E-state index contributed by atoms with van der Waals surface area (Å²) in [6.07, 6.45) is 10.6. The first kappa shape index (κ1) is 31.2. The van der Waals surface area contributed by atoms with Gasteiger partial charge < -0.3 is 9.13 Å². The van der Waals surface area contributed by atoms with E-state index in [0.29, 0.717) is 28.7 Å². The maximum atomic E-state index is 10.4. The van der Waals surface area contributed by atoms with Gasteiger partial charge in [-0.25, -0.2) is 0 Å². The predicted octanol–water partition coefficient (Wildman–Crippen LogP) is 10.4. The average Bonchev–Trinajstić information content (AvgIpc) is 3.59. The Morgan fingerprint density at radius 1 is 0.566 bits per heavy atom. The Morgan fingerprint density at radius 2 is 1.28 bits per heavy atom. The van der Waals surface area contributed by atoms with Crippen LogP contribution in [0.15, 0.2) is 121 Å². The fourth-order valence-electron chi connectivity index (χ4n) is 7.78. The van der Waals surface area contributed by atoms with Gasteiger partial charge in [-0.2, -0.15) is 21.0 Å². The van der Waals surface area contributed by atoms with Crippen LogP contribution in [0.4, 0.5) is 0 Å². The maximum absolute atomic E-state index is 10.4. The molecule has 0 spiro atoms. The van der Waals surface area contributed by atoms with Crippen LogP contribution < -0.4 is 0 Å². The molecule has 0 saturated heterocycles. The molecular weight excluding hydrogens is 649 g/mol. The minimum absolute atomic E-state index is 0.496. The highest BCUT2D eigenvalue weighted by Gasteiger charge is 2.22. The molecule has 7 aromatic rings. The number of para-hydroxylation sites is 1. The zero-order valence-electron chi connectivity index (χ0n) is 28.4. The van der Waals surface area contributed by atoms with E-state index < -0.39 is 0 Å². The van der Waals surface area contributed by atoms with Crippen molar-refractivity contribution in [3.63, 3.8) is 0 Å². The monoisotopic (exact) mass is 674 g/mol. The molecule has 2 aliphatic carbocycles. The molecule has 9 rings (SSSR count). The standard InChI is InChI=1S/C47H26N6/c48-26-30-14-18-46-42(22-30)43-23-31(27-49)15-19-47(43)52(46)35-16-17-38(37-9-5-4-8-33(37)29-51)41(25-35)34-20-32(28-50)21-36(24-34)53-44-12-3-1-2-10-39(44)40-11-6-7-13-45(40)53/h2,6-11,13-25H,1,4-5H2. The highest BCUT2D eigenvalue weighted by molar-refractivity contribution is 6.10. The van der Waals surface area contributed by atoms with Crippen LogP contribution in [0.2, 0.25) is 0 Å². The Bertz CT molecular complexity index is 3010. The zero-order valence-corrected chi connectivity index (χ0v) is 28.4. The lowest BCUT2D eigenvalue weighted by Crippen LogP contribution is -2.02. The molecule has 0 N–H and O–H groups in total. The van der Waals surface area contributed by atoms with Gasteiger partial charge in [0.15, 0.2) is 0 Å². The van der Waals surface area contributed by atoms with E-state index in [9.17, 15) is 21.0 Å². The van der Waals surface area contributed by atoms with Crippen molar-refractivity contribution in [3.05, 3.63) is 154 Å². The van der Waals surface area contributed by atoms with E-state index in [1.165, 1.54) is 0 Å². The van der Waals surface area contributed by atoms with Crippen LogP contribution in [0.5, 0.6) is 0 Å². The van der Waals surface area contributed by atoms with Crippen molar-refractivity contribution >= 4 is 44.4 Å². The molecule has 2 aromatic heterocycles. The normalized spacial score (nSPS) is 13.1. The third-order valence-electron chi connectivity index (χ3n) is 10.1. The summed E-state index contributed by atoms with van der Waals surface area (Å²) in [5.41, 5.74) is 12.0. The Balaban J connectivity index is 1.34. The van der Waals surface area contributed by atoms with Gasteiger partial charge in [-0.3, -0.25) is 0 Å². The third kappa shape index (κ3) is 5.02. The summed E-state index contributed by atoms with van der Waals surface area (Å²) in [4.78, 5) is 0. The molecule has 0 radical (unpaired) electrons. The second kappa shape index (κ2) is 12.5. The summed E-state index contributed by atoms with van der Waals surface area (Å²) < 4.78 is 4.29. The molecular formula is C47H26N6. The van der Waals surface area contributed by atoms with Gasteiger partial charge in [0.2, 0.25) is 0 Å². The Hall–Kier alpha value is -7.82. The SMILES string of the molecule is N#CC1=CCCC=C1c1ccc(-n2c3ccc(C#N)cc3c3cc(C#N)ccc32)cc1-c1cc(C#N)cc(-n2c3c(c4ccccc42)C=CCC#C3)c1. The fraction of sp³-hybridized carbons (Fsp3) is 0.0638. The number of allylic oxidation sites excluding steroid dienone is 5. The number of aromatic nitrogens is 2. The number of benzene rings is 5. The van der Waals surface area contributed by atoms with Crippen LogP contribution in [0.25, 0.3) is 66.9 Å². The number of nitriles is 4. The summed E-state index contributed by atoms with van der Waals surface area (Å²) >= 11 is 0. The zero-order chi connectivity index (χ0) is 36.1. The molecule has 0 aliphatic heterocycles. The molecule has 0 saturated carbocycles. The maximum Gasteiger partial charge on any atom is 0.105 e. The van der Waals surface area contributed by atoms with Gasteiger partial charge in [0.1, 0.15) is 5.69 Å². The van der Waals surface area contributed by atoms with E-state index in [0.717, 1.165) is 90.4 Å². The summed E-state index contributed by atoms with van der Waals surface area (Å²) in [7, 11) is 0. The average molecular weight is 675 g/mol. The van der Waals surface area contributed by atoms with Crippen molar-refractivity contribution in [1.29, 1.82) is 21.0 Å². The van der Waals surface area contributed by atoms with Crippen LogP contribution in [-0.4, -0.2) is 9.13 Å². The topological polar surface area (TPSA) is 105 Å². The lowest BCUT2D eigenvalue weighted by molar-refractivity contribution is 1.03. The molecule has 0 fully saturated rings. The lowest BCUT2D eigenvalue weighted by Gasteiger charge is -2.19. The predicted molar refractivity (Wildman–Crippen MR) is 209 cm³/mol. The molecule has 2 aliphatic rings. The summed E-state index contributed by atoms with van der Waals surface area (Å²) in [5, 5.41) is 43.0. The van der Waals surface area contributed by atoms with Gasteiger partial charge in [0.25, 0.3) is 0 Å². The van der Waals surface area contributed by atoms with Crippen LogP contribution in [-0.2, 0) is 0 Å². The second-order valence-electron chi connectivity index (χ2n) is 13.1. The summed E-state index contributed by atoms with van der Waals surface area (Å²) in [6.45, 7) is 0. The van der Waals surface area contributed by atoms with E-state index in [1.807, 2.05) is 54.6 Å². The van der Waals surface area contributed by atoms with Crippen molar-refractivity contribution in [2.24, 2.45) is 0 Å². The fourth-order valence-corrected chi connectivity index (χ4v) is 7.78. The molecule has 6 nitrogen and oxygen atoms in total. The van der Waals surface area contributed by atoms with E-state index in [-0.39, 0.29) is 0 Å². The Kier molecular flexibility index (Phi) is 7.35. The molecule has 2 heterocycles. The van der Waals surface area contributed by atoms with Crippen molar-refractivity contribution in [2.75, 3.05) is 0 Å². The number of nitrogens with zero attached hydrogens (tertiary/aromatic N) is 6. The molecule has 244 valence electrons. The first-order valence-corrected chi connectivity index (χ1v) is 17.3. The van der Waals surface area contributed by atoms with Crippen LogP contribution >= 0.6 is 0 Å². The van der Waals surface area contributed by atoms with Gasteiger partial charge in [-0.15, -0.1) is 0 Å². The lowest BCUT2D eigenvalue weighted by atomic mass is 9.86. The van der Waals surface area contributed by atoms with Gasteiger partial charge in [-0.05, 0) is 114 Å². The first-order valence-electron chi connectivity index (χ1n) is 17.3. The molecule has 6 heteroatoms. The van der Waals surface area contributed by atoms with Crippen molar-refractivity contribution in [1.82, 2.24) is 9.13 Å². The summed E-state index contributed by atoms with van der Waals surface area (Å²) in [6, 6.07) is 41.0. The highest BCUT2D eigenvalue weighted by atomic mass is 15.0. The van der Waals surface area contributed by atoms with E-state index in [1.54, 1.807) is 12.1 Å². The van der Waals surface area contributed by atoms with E-state index in [2.05, 4.69) is 99.9 Å². The van der Waals surface area contributed by atoms with E-state index in [4.69, 9.17) is 0 Å². The number of fused-ring (bicyclic) bond motifs is 6. The summed E-state index contributed by atoms with van der Waals surface area (Å²) in [5.74, 6) is 6.68. The molecule has 0 unspecified atom stereocenters. The number of hydrogen-bond donors (Lipinski definition) is 0. The Labute approximate surface area is 305 Å². The van der Waals surface area contributed by atoms with Gasteiger partial charge >= 0.3 is 0 Å². The number of rotatable bonds is 4. The van der Waals surface area contributed by atoms with Gasteiger partial charge in [-0.1, -0.05) is 54.5 Å². The van der Waals surface area contributed by atoms with Gasteiger partial charge in [0, 0.05) is 39.5 Å². The molecule has 53 heavy (non-hydrogen) atoms. The van der Waals surface area contributed by atoms with Crippen molar-refractivity contribution in [3.8, 4) is 58.6 Å². The molecule has 5 aromatic carbocycles. The second-order valence-corrected chi connectivity index (χ2v) is 13.1. The van der Waals surface area contributed by atoms with Gasteiger partial charge in [0.05, 0.1) is 63.1 Å². The minimum Gasteiger partial charge on any atom is -0.309 e. The van der Waals surface area contributed by atoms with Crippen molar-refractivity contribution in [2.45, 2.75) is 19.3 Å². The third-order valence-corrected chi connectivity index (χ3v) is 10.1. The van der Waals surface area contributed by atoms with Crippen molar-refractivity contribution < 1.29 is 0 Å². The Morgan fingerprint density at radius 3 is 2.02 bits per heavy atom. The van der Waals surface area contributed by atoms with Crippen LogP contribution in [0.3, 0.4) is 0 Å². The quantitative estimate of drug-likeness (QED) is 0.173. The minimum atomic E-state index is 0.496. The number of hydrogen-bond acceptors (Lipinski definition) is 4. The van der Waals surface area contributed by atoms with E-state index >= 15 is 0 Å². The molecule has 0 atom stereocenters. The highest BCUT2D eigenvalue weighted by Crippen LogP contribution is 2.41. The smallest absolute Gasteiger partial charge is 0.105 e. The molecule has 0 amide bonds. The molecule has 0 bridgehead atoms. The first-order chi connectivity index (χ1) is 26.1.